The van der Waals surface area contributed by atoms with Crippen LogP contribution in [0, 0.1) is 0 Å². The van der Waals surface area contributed by atoms with Crippen LogP contribution in [0.15, 0.2) is 0 Å². The van der Waals surface area contributed by atoms with Crippen molar-refractivity contribution in [3.8, 4) is 5.75 Å². The Hall–Kier alpha value is -1.43. The van der Waals surface area contributed by atoms with E-state index in [4.69, 9.17) is 10.5 Å². The molecule has 0 aromatic carbocycles. The Morgan fingerprint density at radius 3 is 2.65 bits per heavy atom. The Morgan fingerprint density at radius 1 is 1.40 bits per heavy atom. The Labute approximate surface area is 124 Å². The number of anilines is 2. The summed E-state index contributed by atoms with van der Waals surface area (Å²) in [4.78, 5) is 12.3. The lowest BCUT2D eigenvalue weighted by Crippen LogP contribution is -2.17. The lowest BCUT2D eigenvalue weighted by Gasteiger charge is -2.12. The maximum atomic E-state index is 11.8. The summed E-state index contributed by atoms with van der Waals surface area (Å²) in [7, 11) is 1.60. The maximum absolute atomic E-state index is 11.8. The molecule has 0 saturated carbocycles. The number of nitrogens with one attached hydrogen (secondary N) is 2. The van der Waals surface area contributed by atoms with Crippen LogP contribution < -0.4 is 21.1 Å². The molecule has 5 nitrogen and oxygen atoms in total. The van der Waals surface area contributed by atoms with Gasteiger partial charge in [-0.25, -0.2) is 0 Å². The molecule has 20 heavy (non-hydrogen) atoms. The monoisotopic (exact) mass is 299 g/mol. The number of hydrogen-bond acceptors (Lipinski definition) is 5. The van der Waals surface area contributed by atoms with Gasteiger partial charge in [0.2, 0.25) is 0 Å². The van der Waals surface area contributed by atoms with E-state index < -0.39 is 0 Å². The van der Waals surface area contributed by atoms with Gasteiger partial charge < -0.3 is 21.1 Å². The summed E-state index contributed by atoms with van der Waals surface area (Å²) in [5.41, 5.74) is 6.46. The summed E-state index contributed by atoms with van der Waals surface area (Å²) in [5.74, 6) is 0.419. The van der Waals surface area contributed by atoms with Gasteiger partial charge in [-0.1, -0.05) is 19.8 Å². The molecule has 1 heterocycles. The molecule has 6 heteroatoms. The number of rotatable bonds is 8. The zero-order chi connectivity index (χ0) is 15.1. The highest BCUT2D eigenvalue weighted by molar-refractivity contribution is 7.19. The minimum atomic E-state index is -0.178. The maximum Gasteiger partial charge on any atom is 0.263 e. The molecule has 114 valence electrons. The third-order valence-electron chi connectivity index (χ3n) is 2.75. The highest BCUT2D eigenvalue weighted by Gasteiger charge is 2.22. The van der Waals surface area contributed by atoms with E-state index in [-0.39, 0.29) is 12.0 Å². The minimum absolute atomic E-state index is 0.0145. The summed E-state index contributed by atoms with van der Waals surface area (Å²) in [6.45, 7) is 6.91. The van der Waals surface area contributed by atoms with E-state index in [0.29, 0.717) is 16.3 Å². The first kappa shape index (κ1) is 16.6. The second-order valence-electron chi connectivity index (χ2n) is 4.88. The summed E-state index contributed by atoms with van der Waals surface area (Å²) < 4.78 is 5.75. The largest absolute Gasteiger partial charge is 0.486 e. The molecule has 0 spiro atoms. The molecule has 0 aliphatic heterocycles. The van der Waals surface area contributed by atoms with Crippen molar-refractivity contribution < 1.29 is 9.53 Å². The molecule has 0 saturated heterocycles. The van der Waals surface area contributed by atoms with Gasteiger partial charge >= 0.3 is 0 Å². The van der Waals surface area contributed by atoms with Crippen LogP contribution in [0.4, 0.5) is 10.7 Å². The molecule has 1 aromatic rings. The van der Waals surface area contributed by atoms with Gasteiger partial charge in [0.1, 0.15) is 15.6 Å². The number of ether oxygens (including phenoxy) is 1. The third kappa shape index (κ3) is 4.30. The van der Waals surface area contributed by atoms with E-state index in [2.05, 4.69) is 17.6 Å². The fourth-order valence-corrected chi connectivity index (χ4v) is 2.78. The van der Waals surface area contributed by atoms with E-state index in [9.17, 15) is 4.79 Å². The fraction of sp³-hybridized carbons (Fsp3) is 0.643. The van der Waals surface area contributed by atoms with Crippen LogP contribution >= 0.6 is 11.3 Å². The van der Waals surface area contributed by atoms with E-state index in [1.165, 1.54) is 24.2 Å². The smallest absolute Gasteiger partial charge is 0.263 e. The number of amides is 1. The van der Waals surface area contributed by atoms with Gasteiger partial charge in [0.25, 0.3) is 5.91 Å². The van der Waals surface area contributed by atoms with Crippen molar-refractivity contribution in [1.29, 1.82) is 0 Å². The van der Waals surface area contributed by atoms with E-state index in [1.54, 1.807) is 7.05 Å². The van der Waals surface area contributed by atoms with Crippen molar-refractivity contribution in [2.45, 2.75) is 46.1 Å². The van der Waals surface area contributed by atoms with Crippen LogP contribution in [0.1, 0.15) is 49.7 Å². The Kier molecular flexibility index (Phi) is 6.64. The van der Waals surface area contributed by atoms with Crippen LogP contribution in [-0.4, -0.2) is 25.6 Å². The normalized spacial score (nSPS) is 10.7. The summed E-state index contributed by atoms with van der Waals surface area (Å²) in [6, 6.07) is 0. The quantitative estimate of drug-likeness (QED) is 0.645. The lowest BCUT2D eigenvalue weighted by molar-refractivity contribution is 0.0967. The SMILES string of the molecule is CCCCCNc1sc(C(=O)NC)c(N)c1OC(C)C. The topological polar surface area (TPSA) is 76.4 Å². The van der Waals surface area contributed by atoms with Gasteiger partial charge in [-0.3, -0.25) is 4.79 Å². The van der Waals surface area contributed by atoms with Crippen molar-refractivity contribution >= 4 is 27.9 Å². The molecular weight excluding hydrogens is 274 g/mol. The molecule has 1 amide bonds. The zero-order valence-corrected chi connectivity index (χ0v) is 13.5. The second kappa shape index (κ2) is 7.99. The first-order valence-electron chi connectivity index (χ1n) is 7.06. The highest BCUT2D eigenvalue weighted by atomic mass is 32.1. The molecule has 0 unspecified atom stereocenters. The van der Waals surface area contributed by atoms with Gasteiger partial charge in [-0.15, -0.1) is 11.3 Å². The Bertz CT molecular complexity index is 444. The van der Waals surface area contributed by atoms with Crippen molar-refractivity contribution in [3.05, 3.63) is 4.88 Å². The summed E-state index contributed by atoms with van der Waals surface area (Å²) >= 11 is 1.35. The first-order valence-corrected chi connectivity index (χ1v) is 7.87. The molecule has 1 rings (SSSR count). The molecule has 0 atom stereocenters. The van der Waals surface area contributed by atoms with E-state index in [1.807, 2.05) is 13.8 Å². The number of hydrogen-bond donors (Lipinski definition) is 3. The molecule has 4 N–H and O–H groups in total. The highest BCUT2D eigenvalue weighted by Crippen LogP contribution is 2.43. The van der Waals surface area contributed by atoms with Crippen LogP contribution in [0.3, 0.4) is 0 Å². The minimum Gasteiger partial charge on any atom is -0.486 e. The summed E-state index contributed by atoms with van der Waals surface area (Å²) in [6.07, 6.45) is 3.45. The molecule has 0 radical (unpaired) electrons. The van der Waals surface area contributed by atoms with Crippen LogP contribution in [0.5, 0.6) is 5.75 Å². The fourth-order valence-electron chi connectivity index (χ4n) is 1.76. The van der Waals surface area contributed by atoms with E-state index >= 15 is 0 Å². The second-order valence-corrected chi connectivity index (χ2v) is 5.90. The van der Waals surface area contributed by atoms with E-state index in [0.717, 1.165) is 18.0 Å². The van der Waals surface area contributed by atoms with Crippen LogP contribution in [0.2, 0.25) is 0 Å². The molecular formula is C14H25N3O2S. The zero-order valence-electron chi connectivity index (χ0n) is 12.7. The van der Waals surface area contributed by atoms with Gasteiger partial charge in [0, 0.05) is 13.6 Å². The van der Waals surface area contributed by atoms with Crippen LogP contribution in [-0.2, 0) is 0 Å². The van der Waals surface area contributed by atoms with Gasteiger partial charge in [0.05, 0.1) is 6.10 Å². The Morgan fingerprint density at radius 2 is 2.10 bits per heavy atom. The standard InChI is InChI=1S/C14H25N3O2S/c1-5-6-7-8-17-14-11(19-9(2)3)10(15)12(20-14)13(18)16-4/h9,17H,5-8,15H2,1-4H3,(H,16,18). The summed E-state index contributed by atoms with van der Waals surface area (Å²) in [5, 5.41) is 6.77. The predicted octanol–water partition coefficient (Wildman–Crippen LogP) is 3.08. The van der Waals surface area contributed by atoms with Gasteiger partial charge in [-0.05, 0) is 20.3 Å². The average molecular weight is 299 g/mol. The molecule has 0 aliphatic rings. The third-order valence-corrected chi connectivity index (χ3v) is 3.90. The lowest BCUT2D eigenvalue weighted by atomic mass is 10.2. The molecule has 0 fully saturated rings. The molecule has 1 aromatic heterocycles. The molecule has 0 aliphatic carbocycles. The molecule has 0 bridgehead atoms. The predicted molar refractivity (Wildman–Crippen MR) is 85.9 cm³/mol. The van der Waals surface area contributed by atoms with Crippen molar-refractivity contribution in [1.82, 2.24) is 5.32 Å². The number of carbonyl (C=O) groups is 1. The number of nitrogens with two attached hydrogens (primary N) is 1. The number of unbranched alkanes of at least 4 members (excludes halogenated alkanes) is 2. The number of nitrogen functional groups attached to an aromatic ring is 1. The van der Waals surface area contributed by atoms with Gasteiger partial charge in [-0.2, -0.15) is 0 Å². The van der Waals surface area contributed by atoms with Crippen molar-refractivity contribution in [2.75, 3.05) is 24.6 Å². The Balaban J connectivity index is 2.91. The number of carbonyl (C=O) groups excluding carboxylic acids is 1. The average Bonchev–Trinajstić information content (AvgIpc) is 2.71. The van der Waals surface area contributed by atoms with Gasteiger partial charge in [0.15, 0.2) is 5.75 Å². The first-order chi connectivity index (χ1) is 9.51. The number of thiophene rings is 1. The van der Waals surface area contributed by atoms with Crippen molar-refractivity contribution in [3.63, 3.8) is 0 Å². The van der Waals surface area contributed by atoms with Crippen molar-refractivity contribution in [2.24, 2.45) is 0 Å². The van der Waals surface area contributed by atoms with Crippen LogP contribution in [0.25, 0.3) is 0 Å².